The van der Waals surface area contributed by atoms with Crippen molar-refractivity contribution in [3.63, 3.8) is 0 Å². The molecule has 1 unspecified atom stereocenters. The fourth-order valence-electron chi connectivity index (χ4n) is 2.57. The molecule has 0 spiro atoms. The zero-order valence-corrected chi connectivity index (χ0v) is 10.5. The molecular formula is C12H22N2S. The number of nitrogens with two attached hydrogens (primary N) is 1. The van der Waals surface area contributed by atoms with E-state index >= 15 is 0 Å². The first-order valence-corrected chi connectivity index (χ1v) is 7.12. The van der Waals surface area contributed by atoms with Gasteiger partial charge in [0.05, 0.1) is 12.4 Å². The summed E-state index contributed by atoms with van der Waals surface area (Å²) in [6.07, 6.45) is 7.86. The molecule has 2 rings (SSSR count). The number of nitrogens with zero attached hydrogens (tertiary/aromatic N) is 1. The molecule has 0 radical (unpaired) electrons. The molecular weight excluding hydrogens is 204 g/mol. The predicted octanol–water partition coefficient (Wildman–Crippen LogP) is 2.82. The maximum absolute atomic E-state index is 6.06. The third-order valence-electron chi connectivity index (χ3n) is 3.67. The standard InChI is InChI=1S/C12H22N2S/c1-12(7-4-8-15-12)9-14-11(13)10-5-2-3-6-10/h10H,2-9H2,1H3,(H2,13,14). The number of hydrogen-bond donors (Lipinski definition) is 1. The van der Waals surface area contributed by atoms with E-state index in [0.717, 1.165) is 12.4 Å². The van der Waals surface area contributed by atoms with Crippen molar-refractivity contribution >= 4 is 17.6 Å². The maximum Gasteiger partial charge on any atom is 0.0969 e. The van der Waals surface area contributed by atoms with Crippen molar-refractivity contribution in [2.45, 2.75) is 50.2 Å². The molecule has 2 fully saturated rings. The van der Waals surface area contributed by atoms with Gasteiger partial charge in [0.15, 0.2) is 0 Å². The molecule has 0 aromatic heterocycles. The minimum absolute atomic E-state index is 0.378. The van der Waals surface area contributed by atoms with Gasteiger partial charge in [-0.15, -0.1) is 0 Å². The van der Waals surface area contributed by atoms with Gasteiger partial charge in [-0.2, -0.15) is 11.8 Å². The van der Waals surface area contributed by atoms with Crippen LogP contribution in [0.4, 0.5) is 0 Å². The average molecular weight is 226 g/mol. The minimum Gasteiger partial charge on any atom is -0.387 e. The molecule has 0 bridgehead atoms. The van der Waals surface area contributed by atoms with E-state index in [0.29, 0.717) is 10.7 Å². The van der Waals surface area contributed by atoms with E-state index in [4.69, 9.17) is 5.73 Å². The van der Waals surface area contributed by atoms with Gasteiger partial charge in [0.25, 0.3) is 0 Å². The van der Waals surface area contributed by atoms with Crippen LogP contribution in [0, 0.1) is 5.92 Å². The van der Waals surface area contributed by atoms with Crippen LogP contribution in [0.5, 0.6) is 0 Å². The van der Waals surface area contributed by atoms with Crippen LogP contribution in [0.2, 0.25) is 0 Å². The van der Waals surface area contributed by atoms with Crippen LogP contribution in [0.15, 0.2) is 4.99 Å². The molecule has 86 valence electrons. The first kappa shape index (κ1) is 11.3. The Morgan fingerprint density at radius 1 is 1.40 bits per heavy atom. The third kappa shape index (κ3) is 2.90. The van der Waals surface area contributed by atoms with Crippen LogP contribution >= 0.6 is 11.8 Å². The van der Waals surface area contributed by atoms with Crippen molar-refractivity contribution in [3.05, 3.63) is 0 Å². The molecule has 1 aliphatic carbocycles. The lowest BCUT2D eigenvalue weighted by atomic mass is 10.1. The van der Waals surface area contributed by atoms with Gasteiger partial charge >= 0.3 is 0 Å². The van der Waals surface area contributed by atoms with Crippen molar-refractivity contribution in [2.75, 3.05) is 12.3 Å². The van der Waals surface area contributed by atoms with Crippen molar-refractivity contribution < 1.29 is 0 Å². The number of thioether (sulfide) groups is 1. The second-order valence-corrected chi connectivity index (χ2v) is 6.81. The lowest BCUT2D eigenvalue weighted by Gasteiger charge is -2.20. The Kier molecular flexibility index (Phi) is 3.60. The van der Waals surface area contributed by atoms with Gasteiger partial charge in [-0.3, -0.25) is 4.99 Å². The predicted molar refractivity (Wildman–Crippen MR) is 68.5 cm³/mol. The highest BCUT2D eigenvalue weighted by molar-refractivity contribution is 8.00. The van der Waals surface area contributed by atoms with Gasteiger partial charge in [-0.05, 0) is 38.4 Å². The van der Waals surface area contributed by atoms with Crippen molar-refractivity contribution in [1.82, 2.24) is 0 Å². The number of aliphatic imine (C=N–C) groups is 1. The molecule has 3 heteroatoms. The van der Waals surface area contributed by atoms with Gasteiger partial charge in [0, 0.05) is 10.7 Å². The Hall–Kier alpha value is -0.180. The highest BCUT2D eigenvalue weighted by atomic mass is 32.2. The Bertz CT molecular complexity index is 238. The average Bonchev–Trinajstić information content (AvgIpc) is 2.85. The molecule has 2 aliphatic rings. The molecule has 2 N–H and O–H groups in total. The fourth-order valence-corrected chi connectivity index (χ4v) is 3.80. The topological polar surface area (TPSA) is 38.4 Å². The minimum atomic E-state index is 0.378. The molecule has 1 heterocycles. The van der Waals surface area contributed by atoms with Gasteiger partial charge < -0.3 is 5.73 Å². The smallest absolute Gasteiger partial charge is 0.0969 e. The van der Waals surface area contributed by atoms with Gasteiger partial charge in [-0.1, -0.05) is 12.8 Å². The van der Waals surface area contributed by atoms with Crippen LogP contribution < -0.4 is 5.73 Å². The van der Waals surface area contributed by atoms with Crippen LogP contribution in [0.1, 0.15) is 45.4 Å². The SMILES string of the molecule is CC1(CN=C(N)C2CCCC2)CCCS1. The monoisotopic (exact) mass is 226 g/mol. The van der Waals surface area contributed by atoms with E-state index < -0.39 is 0 Å². The fraction of sp³-hybridized carbons (Fsp3) is 0.917. The normalized spacial score (nSPS) is 33.8. The first-order valence-electron chi connectivity index (χ1n) is 6.13. The van der Waals surface area contributed by atoms with Gasteiger partial charge in [-0.25, -0.2) is 0 Å². The van der Waals surface area contributed by atoms with Crippen LogP contribution in [-0.4, -0.2) is 22.9 Å². The molecule has 15 heavy (non-hydrogen) atoms. The molecule has 1 saturated heterocycles. The van der Waals surface area contributed by atoms with Crippen LogP contribution in [0.3, 0.4) is 0 Å². The highest BCUT2D eigenvalue weighted by Crippen LogP contribution is 2.38. The van der Waals surface area contributed by atoms with Gasteiger partial charge in [0.1, 0.15) is 0 Å². The second kappa shape index (κ2) is 4.77. The van der Waals surface area contributed by atoms with E-state index in [-0.39, 0.29) is 0 Å². The Morgan fingerprint density at radius 2 is 2.13 bits per heavy atom. The maximum atomic E-state index is 6.06. The molecule has 0 aromatic carbocycles. The van der Waals surface area contributed by atoms with E-state index in [1.165, 1.54) is 44.3 Å². The third-order valence-corrected chi connectivity index (χ3v) is 5.19. The Morgan fingerprint density at radius 3 is 2.73 bits per heavy atom. The summed E-state index contributed by atoms with van der Waals surface area (Å²) in [6.45, 7) is 3.26. The van der Waals surface area contributed by atoms with Crippen molar-refractivity contribution in [1.29, 1.82) is 0 Å². The zero-order chi connectivity index (χ0) is 10.7. The first-order chi connectivity index (χ1) is 7.20. The zero-order valence-electron chi connectivity index (χ0n) is 9.67. The van der Waals surface area contributed by atoms with E-state index in [1.54, 1.807) is 0 Å². The summed E-state index contributed by atoms with van der Waals surface area (Å²) in [6, 6.07) is 0. The molecule has 2 nitrogen and oxygen atoms in total. The summed E-state index contributed by atoms with van der Waals surface area (Å²) in [4.78, 5) is 4.63. The van der Waals surface area contributed by atoms with Crippen molar-refractivity contribution in [3.8, 4) is 0 Å². The Balaban J connectivity index is 1.86. The largest absolute Gasteiger partial charge is 0.387 e. The second-order valence-electron chi connectivity index (χ2n) is 5.12. The summed E-state index contributed by atoms with van der Waals surface area (Å²) in [5.74, 6) is 2.83. The van der Waals surface area contributed by atoms with Crippen molar-refractivity contribution in [2.24, 2.45) is 16.6 Å². The summed E-state index contributed by atoms with van der Waals surface area (Å²) < 4.78 is 0.378. The number of hydrogen-bond acceptors (Lipinski definition) is 2. The number of amidine groups is 1. The Labute approximate surface area is 97.1 Å². The number of rotatable bonds is 3. The van der Waals surface area contributed by atoms with E-state index in [2.05, 4.69) is 23.7 Å². The molecule has 1 saturated carbocycles. The van der Waals surface area contributed by atoms with E-state index in [9.17, 15) is 0 Å². The van der Waals surface area contributed by atoms with E-state index in [1.807, 2.05) is 0 Å². The quantitative estimate of drug-likeness (QED) is 0.593. The molecule has 1 aliphatic heterocycles. The van der Waals surface area contributed by atoms with Crippen LogP contribution in [0.25, 0.3) is 0 Å². The van der Waals surface area contributed by atoms with Gasteiger partial charge in [0.2, 0.25) is 0 Å². The highest BCUT2D eigenvalue weighted by Gasteiger charge is 2.29. The summed E-state index contributed by atoms with van der Waals surface area (Å²) in [7, 11) is 0. The lowest BCUT2D eigenvalue weighted by molar-refractivity contribution is 0.612. The molecule has 1 atom stereocenters. The molecule has 0 amide bonds. The summed E-state index contributed by atoms with van der Waals surface area (Å²) in [5, 5.41) is 0. The van der Waals surface area contributed by atoms with Crippen LogP contribution in [-0.2, 0) is 0 Å². The summed E-state index contributed by atoms with van der Waals surface area (Å²) >= 11 is 2.07. The molecule has 0 aromatic rings. The summed E-state index contributed by atoms with van der Waals surface area (Å²) in [5.41, 5.74) is 6.06. The lowest BCUT2D eigenvalue weighted by Crippen LogP contribution is -2.26.